The molecule has 100 valence electrons. The van der Waals surface area contributed by atoms with Gasteiger partial charge in [-0.05, 0) is 25.0 Å². The topological polar surface area (TPSA) is 125 Å². The Morgan fingerprint density at radius 2 is 1.94 bits per heavy atom. The molecule has 2 rings (SSSR count). The number of aliphatic hydroxyl groups is 1. The quantitative estimate of drug-likeness (QED) is 0.473. The van der Waals surface area contributed by atoms with Crippen molar-refractivity contribution in [3.05, 3.63) is 29.6 Å². The van der Waals surface area contributed by atoms with E-state index >= 15 is 0 Å². The Kier molecular flexibility index (Phi) is 4.91. The zero-order valence-electron chi connectivity index (χ0n) is 9.35. The fourth-order valence-corrected chi connectivity index (χ4v) is 1.65. The second-order valence-corrected chi connectivity index (χ2v) is 4.61. The summed E-state index contributed by atoms with van der Waals surface area (Å²) in [5.74, 6) is 0.0969. The normalized spacial score (nSPS) is 19.3. The lowest BCUT2D eigenvalue weighted by molar-refractivity contribution is 0.0981. The molecule has 1 aliphatic carbocycles. The van der Waals surface area contributed by atoms with Crippen LogP contribution in [0, 0.1) is 0 Å². The van der Waals surface area contributed by atoms with E-state index in [4.69, 9.17) is 17.5 Å². The molecule has 0 spiro atoms. The summed E-state index contributed by atoms with van der Waals surface area (Å²) in [5, 5.41) is 9.64. The van der Waals surface area contributed by atoms with Crippen LogP contribution in [0.1, 0.15) is 41.4 Å². The van der Waals surface area contributed by atoms with E-state index in [1.807, 2.05) is 0 Å². The Morgan fingerprint density at radius 3 is 2.56 bits per heavy atom. The minimum Gasteiger partial charge on any atom is -0.387 e. The van der Waals surface area contributed by atoms with Crippen LogP contribution in [0.4, 0.5) is 0 Å². The fourth-order valence-electron chi connectivity index (χ4n) is 1.65. The molecule has 0 aliphatic heterocycles. The highest BCUT2D eigenvalue weighted by Gasteiger charge is 2.21. The molecule has 7 nitrogen and oxygen atoms in total. The van der Waals surface area contributed by atoms with Gasteiger partial charge in [0.15, 0.2) is 5.78 Å². The van der Waals surface area contributed by atoms with Crippen LogP contribution in [0.5, 0.6) is 0 Å². The second-order valence-electron chi connectivity index (χ2n) is 3.72. The average Bonchev–Trinajstić information content (AvgIpc) is 2.39. The highest BCUT2D eigenvalue weighted by atomic mass is 32.3. The van der Waals surface area contributed by atoms with Gasteiger partial charge in [0.25, 0.3) is 0 Å². The van der Waals surface area contributed by atoms with Crippen molar-refractivity contribution in [3.63, 3.8) is 0 Å². The third kappa shape index (κ3) is 4.88. The number of pyridine rings is 1. The first kappa shape index (κ1) is 14.7. The van der Waals surface area contributed by atoms with E-state index in [2.05, 4.69) is 4.98 Å². The number of rotatable bonds is 0. The first-order valence-corrected chi connectivity index (χ1v) is 6.55. The molecule has 1 aromatic heterocycles. The maximum atomic E-state index is 11.5. The third-order valence-electron chi connectivity index (χ3n) is 2.34. The summed E-state index contributed by atoms with van der Waals surface area (Å²) in [5.41, 5.74) is 1.14. The zero-order chi connectivity index (χ0) is 13.8. The number of Topliss-reactive ketones (excluding diaryl/α,β-unsaturated/α-hetero) is 1. The lowest BCUT2D eigenvalue weighted by atomic mass is 10.1. The SMILES string of the molecule is O=C1CCCC(O)c2ncccc21.O=S(=O)(O)O. The molecule has 0 saturated heterocycles. The smallest absolute Gasteiger partial charge is 0.387 e. The minimum absolute atomic E-state index is 0.0969. The van der Waals surface area contributed by atoms with Gasteiger partial charge in [-0.1, -0.05) is 0 Å². The van der Waals surface area contributed by atoms with Gasteiger partial charge in [-0.2, -0.15) is 8.42 Å². The molecule has 0 fully saturated rings. The van der Waals surface area contributed by atoms with Gasteiger partial charge in [0.1, 0.15) is 0 Å². The van der Waals surface area contributed by atoms with Crippen molar-refractivity contribution in [2.45, 2.75) is 25.4 Å². The molecule has 0 amide bonds. The van der Waals surface area contributed by atoms with E-state index in [-0.39, 0.29) is 5.78 Å². The summed E-state index contributed by atoms with van der Waals surface area (Å²) in [6, 6.07) is 3.47. The molecule has 1 aliphatic rings. The highest BCUT2D eigenvalue weighted by Crippen LogP contribution is 2.26. The van der Waals surface area contributed by atoms with Crippen molar-refractivity contribution in [1.29, 1.82) is 0 Å². The van der Waals surface area contributed by atoms with Crippen LogP contribution in [0.25, 0.3) is 0 Å². The van der Waals surface area contributed by atoms with Gasteiger partial charge in [0, 0.05) is 18.2 Å². The van der Waals surface area contributed by atoms with E-state index < -0.39 is 16.5 Å². The number of ketones is 1. The van der Waals surface area contributed by atoms with Crippen LogP contribution in [0.3, 0.4) is 0 Å². The summed E-state index contributed by atoms with van der Waals surface area (Å²) < 4.78 is 31.6. The summed E-state index contributed by atoms with van der Waals surface area (Å²) in [6.07, 6.45) is 2.95. The van der Waals surface area contributed by atoms with Crippen LogP contribution in [-0.2, 0) is 10.4 Å². The van der Waals surface area contributed by atoms with Crippen LogP contribution < -0.4 is 0 Å². The molecular formula is C10H13NO6S. The van der Waals surface area contributed by atoms with E-state index in [1.165, 1.54) is 0 Å². The number of aromatic nitrogens is 1. The van der Waals surface area contributed by atoms with Crippen molar-refractivity contribution >= 4 is 16.2 Å². The number of hydrogen-bond acceptors (Lipinski definition) is 5. The Labute approximate surface area is 104 Å². The Hall–Kier alpha value is -1.35. The van der Waals surface area contributed by atoms with Crippen molar-refractivity contribution in [3.8, 4) is 0 Å². The summed E-state index contributed by atoms with van der Waals surface area (Å²) in [4.78, 5) is 15.5. The van der Waals surface area contributed by atoms with E-state index in [0.717, 1.165) is 6.42 Å². The number of nitrogens with zero attached hydrogens (tertiary/aromatic N) is 1. The lowest BCUT2D eigenvalue weighted by Gasteiger charge is -2.07. The Bertz CT molecular complexity index is 519. The largest absolute Gasteiger partial charge is 0.394 e. The molecule has 1 atom stereocenters. The summed E-state index contributed by atoms with van der Waals surface area (Å²) in [6.45, 7) is 0. The Morgan fingerprint density at radius 1 is 1.33 bits per heavy atom. The van der Waals surface area contributed by atoms with Gasteiger partial charge in [-0.3, -0.25) is 18.9 Å². The molecule has 1 unspecified atom stereocenters. The molecule has 8 heteroatoms. The van der Waals surface area contributed by atoms with Crippen LogP contribution >= 0.6 is 0 Å². The van der Waals surface area contributed by atoms with Crippen LogP contribution in [0.15, 0.2) is 18.3 Å². The summed E-state index contributed by atoms with van der Waals surface area (Å²) in [7, 11) is -4.67. The standard InChI is InChI=1S/C10H11NO2.H2O4S/c12-8-4-1-5-9(13)10-7(8)3-2-6-11-10;1-5(2,3)4/h2-3,6,9,13H,1,4-5H2;(H2,1,2,3,4). The molecule has 1 aromatic rings. The first-order chi connectivity index (χ1) is 8.29. The van der Waals surface area contributed by atoms with Crippen molar-refractivity contribution in [2.75, 3.05) is 0 Å². The van der Waals surface area contributed by atoms with Crippen molar-refractivity contribution in [2.24, 2.45) is 0 Å². The predicted molar refractivity (Wildman–Crippen MR) is 61.6 cm³/mol. The van der Waals surface area contributed by atoms with Crippen molar-refractivity contribution < 1.29 is 27.4 Å². The van der Waals surface area contributed by atoms with Gasteiger partial charge < -0.3 is 5.11 Å². The van der Waals surface area contributed by atoms with Gasteiger partial charge in [0.2, 0.25) is 0 Å². The minimum atomic E-state index is -4.67. The predicted octanol–water partition coefficient (Wildman–Crippen LogP) is 0.829. The Balaban J connectivity index is 0.000000280. The lowest BCUT2D eigenvalue weighted by Crippen LogP contribution is -2.04. The maximum absolute atomic E-state index is 11.5. The number of aliphatic hydroxyl groups excluding tert-OH is 1. The third-order valence-corrected chi connectivity index (χ3v) is 2.34. The molecule has 0 bridgehead atoms. The first-order valence-electron chi connectivity index (χ1n) is 5.15. The monoisotopic (exact) mass is 275 g/mol. The molecular weight excluding hydrogens is 262 g/mol. The average molecular weight is 275 g/mol. The molecule has 0 saturated carbocycles. The zero-order valence-corrected chi connectivity index (χ0v) is 10.2. The second kappa shape index (κ2) is 6.01. The van der Waals surface area contributed by atoms with Gasteiger partial charge >= 0.3 is 10.4 Å². The molecule has 0 aromatic carbocycles. The van der Waals surface area contributed by atoms with Crippen molar-refractivity contribution in [1.82, 2.24) is 4.98 Å². The van der Waals surface area contributed by atoms with Crippen LogP contribution in [0.2, 0.25) is 0 Å². The van der Waals surface area contributed by atoms with E-state index in [0.29, 0.717) is 24.1 Å². The van der Waals surface area contributed by atoms with Gasteiger partial charge in [-0.15, -0.1) is 0 Å². The maximum Gasteiger partial charge on any atom is 0.394 e. The van der Waals surface area contributed by atoms with E-state index in [9.17, 15) is 9.90 Å². The van der Waals surface area contributed by atoms with Gasteiger partial charge in [-0.25, -0.2) is 0 Å². The number of carbonyl (C=O) groups is 1. The molecule has 18 heavy (non-hydrogen) atoms. The number of fused-ring (bicyclic) bond motifs is 1. The van der Waals surface area contributed by atoms with Gasteiger partial charge in [0.05, 0.1) is 11.8 Å². The molecule has 0 radical (unpaired) electrons. The summed E-state index contributed by atoms with van der Waals surface area (Å²) >= 11 is 0. The molecule has 3 N–H and O–H groups in total. The molecule has 1 heterocycles. The number of carbonyl (C=O) groups excluding carboxylic acids is 1. The number of hydrogen-bond donors (Lipinski definition) is 3. The van der Waals surface area contributed by atoms with E-state index in [1.54, 1.807) is 18.3 Å². The van der Waals surface area contributed by atoms with Crippen LogP contribution in [-0.4, -0.2) is 33.4 Å². The fraction of sp³-hybridized carbons (Fsp3) is 0.400. The highest BCUT2D eigenvalue weighted by molar-refractivity contribution is 7.79.